The first-order valence-corrected chi connectivity index (χ1v) is 12.3. The molecule has 0 saturated heterocycles. The molecule has 1 aromatic heterocycles. The second kappa shape index (κ2) is 7.53. The third kappa shape index (κ3) is 4.76. The van der Waals surface area contributed by atoms with E-state index in [9.17, 15) is 13.4 Å². The Morgan fingerprint density at radius 3 is 2.07 bits per heavy atom. The smallest absolute Gasteiger partial charge is 0.307 e. The van der Waals surface area contributed by atoms with Crippen LogP contribution in [0, 0.1) is 19.7 Å². The summed E-state index contributed by atoms with van der Waals surface area (Å²) in [7, 11) is -4.15. The molecule has 1 aromatic carbocycles. The largest absolute Gasteiger partial charge is 0.330 e. The molecule has 0 saturated carbocycles. The van der Waals surface area contributed by atoms with Crippen LogP contribution in [-0.2, 0) is 9.44 Å². The number of rotatable bonds is 5. The Morgan fingerprint density at radius 2 is 1.68 bits per heavy atom. The average Bonchev–Trinajstić information content (AvgIpc) is 2.87. The number of carbonyl (C=O) groups excluding carboxylic acids is 1. The van der Waals surface area contributed by atoms with Gasteiger partial charge < -0.3 is 5.32 Å². The molecule has 2 amide bonds. The van der Waals surface area contributed by atoms with E-state index in [4.69, 9.17) is 5.14 Å². The summed E-state index contributed by atoms with van der Waals surface area (Å²) < 4.78 is 30.3. The predicted octanol–water partition coefficient (Wildman–Crippen LogP) is 4.57. The molecule has 156 valence electrons. The van der Waals surface area contributed by atoms with Gasteiger partial charge in [0.1, 0.15) is 10.0 Å². The molecule has 0 fully saturated rings. The molecular weight excluding hydrogens is 399 g/mol. The number of halogens is 1. The number of carbonyl (C=O) groups is 1. The number of urea groups is 1. The summed E-state index contributed by atoms with van der Waals surface area (Å²) in [6.45, 7) is 11.2. The monoisotopic (exact) mass is 428 g/mol. The van der Waals surface area contributed by atoms with E-state index < -0.39 is 15.5 Å². The minimum Gasteiger partial charge on any atom is -0.307 e. The maximum absolute atomic E-state index is 14.1. The summed E-state index contributed by atoms with van der Waals surface area (Å²) >= 11 is 1.19. The van der Waals surface area contributed by atoms with Crippen LogP contribution in [0.25, 0.3) is 0 Å². The predicted molar refractivity (Wildman–Crippen MR) is 115 cm³/mol. The van der Waals surface area contributed by atoms with Crippen molar-refractivity contribution in [2.75, 3.05) is 11.6 Å². The minimum absolute atomic E-state index is 0.0186. The molecule has 0 atom stereocenters. The highest BCUT2D eigenvalue weighted by molar-refractivity contribution is 8.17. The summed E-state index contributed by atoms with van der Waals surface area (Å²) in [5.74, 6) is -0.393. The van der Waals surface area contributed by atoms with E-state index in [1.165, 1.54) is 29.7 Å². The van der Waals surface area contributed by atoms with Crippen molar-refractivity contribution in [1.29, 1.82) is 0 Å². The van der Waals surface area contributed by atoms with Crippen LogP contribution in [0.1, 0.15) is 61.4 Å². The lowest BCUT2D eigenvalue weighted by Crippen LogP contribution is -2.57. The van der Waals surface area contributed by atoms with Crippen molar-refractivity contribution in [3.05, 3.63) is 39.8 Å². The molecule has 1 heterocycles. The van der Waals surface area contributed by atoms with E-state index in [2.05, 4.69) is 15.0 Å². The lowest BCUT2D eigenvalue weighted by atomic mass is 9.92. The van der Waals surface area contributed by atoms with Gasteiger partial charge in [0.25, 0.3) is 0 Å². The van der Waals surface area contributed by atoms with Gasteiger partial charge >= 0.3 is 6.03 Å². The highest BCUT2D eigenvalue weighted by Gasteiger charge is 2.35. The van der Waals surface area contributed by atoms with Crippen LogP contribution in [0.3, 0.4) is 0 Å². The Kier molecular flexibility index (Phi) is 6.04. The number of benzene rings is 1. The number of aryl methyl sites for hydroxylation is 2. The number of aromatic nitrogens is 1. The van der Waals surface area contributed by atoms with E-state index in [0.29, 0.717) is 31.7 Å². The van der Waals surface area contributed by atoms with Crippen LogP contribution in [0.5, 0.6) is 0 Å². The molecule has 0 aliphatic heterocycles. The first-order chi connectivity index (χ1) is 12.7. The van der Waals surface area contributed by atoms with Crippen molar-refractivity contribution in [2.45, 2.75) is 57.6 Å². The quantitative estimate of drug-likeness (QED) is 0.651. The zero-order valence-electron chi connectivity index (χ0n) is 17.3. The van der Waals surface area contributed by atoms with Crippen molar-refractivity contribution in [3.8, 4) is 0 Å². The maximum atomic E-state index is 14.1. The SMILES string of the molecule is Cc1nc(C)c(S(C)(N)(=O)NC(=O)Nc2c(C(C)C)cc(F)cc2C(C)C)s1. The van der Waals surface area contributed by atoms with Crippen molar-refractivity contribution in [1.82, 2.24) is 9.71 Å². The van der Waals surface area contributed by atoms with Gasteiger partial charge in [-0.1, -0.05) is 27.7 Å². The molecule has 28 heavy (non-hydrogen) atoms. The zero-order valence-corrected chi connectivity index (χ0v) is 19.0. The van der Waals surface area contributed by atoms with Crippen LogP contribution in [0.4, 0.5) is 14.9 Å². The molecule has 6 nitrogen and oxygen atoms in total. The summed E-state index contributed by atoms with van der Waals surface area (Å²) in [4.78, 5) is 17.0. The second-order valence-electron chi connectivity index (χ2n) is 7.84. The highest BCUT2D eigenvalue weighted by Crippen LogP contribution is 2.35. The Balaban J connectivity index is 2.43. The molecule has 0 aliphatic rings. The topological polar surface area (TPSA) is 97.1 Å². The van der Waals surface area contributed by atoms with Gasteiger partial charge in [-0.15, -0.1) is 11.3 Å². The lowest BCUT2D eigenvalue weighted by molar-refractivity contribution is 0.256. The van der Waals surface area contributed by atoms with E-state index in [0.717, 1.165) is 0 Å². The Hall–Kier alpha value is -1.84. The fourth-order valence-corrected chi connectivity index (χ4v) is 6.45. The minimum atomic E-state index is -4.15. The molecule has 0 bridgehead atoms. The molecule has 4 N–H and O–H groups in total. The highest BCUT2D eigenvalue weighted by atomic mass is 32.3. The van der Waals surface area contributed by atoms with Gasteiger partial charge in [0, 0.05) is 21.4 Å². The van der Waals surface area contributed by atoms with E-state index in [1.807, 2.05) is 27.7 Å². The standard InChI is InChI=1S/C19H29FN4O2S2/c1-10(2)15-8-14(20)9-16(11(3)4)17(15)23-19(25)24-28(7,21,26)18-12(5)22-13(6)27-18/h8-11H,1-7H3,(H4,21,23,24,25,26). The average molecular weight is 429 g/mol. The molecule has 0 unspecified atom stereocenters. The summed E-state index contributed by atoms with van der Waals surface area (Å²) in [6, 6.07) is 2.11. The Morgan fingerprint density at radius 1 is 1.18 bits per heavy atom. The van der Waals surface area contributed by atoms with Gasteiger partial charge in [0.2, 0.25) is 0 Å². The normalized spacial score (nSPS) is 13.5. The number of nitrogens with two attached hydrogens (primary N) is 1. The first-order valence-electron chi connectivity index (χ1n) is 9.01. The molecular formula is C19H29FN4O2S2. The Labute approximate surface area is 169 Å². The lowest BCUT2D eigenvalue weighted by Gasteiger charge is -2.34. The van der Waals surface area contributed by atoms with E-state index in [1.54, 1.807) is 13.8 Å². The molecule has 2 rings (SSSR count). The van der Waals surface area contributed by atoms with Gasteiger partial charge in [0.05, 0.1) is 10.7 Å². The van der Waals surface area contributed by atoms with Gasteiger partial charge in [-0.3, -0.25) is 9.86 Å². The number of hydrogen-bond donors (Lipinski definition) is 3. The number of nitrogens with one attached hydrogen (secondary N) is 2. The van der Waals surface area contributed by atoms with Gasteiger partial charge in [0.15, 0.2) is 0 Å². The molecule has 0 aliphatic carbocycles. The van der Waals surface area contributed by atoms with Crippen LogP contribution >= 0.6 is 11.3 Å². The Bertz CT molecular complexity index is 947. The van der Waals surface area contributed by atoms with Crippen LogP contribution < -0.4 is 15.2 Å². The van der Waals surface area contributed by atoms with Gasteiger partial charge in [-0.05, 0) is 48.9 Å². The zero-order chi connectivity index (χ0) is 21.5. The van der Waals surface area contributed by atoms with Gasteiger partial charge in [-0.25, -0.2) is 18.4 Å². The maximum Gasteiger partial charge on any atom is 0.330 e. The summed E-state index contributed by atoms with van der Waals surface area (Å²) in [5.41, 5.74) is 2.38. The number of anilines is 1. The van der Waals surface area contributed by atoms with Crippen molar-refractivity contribution >= 4 is 32.5 Å². The molecule has 2 aromatic rings. The number of amides is 2. The van der Waals surface area contributed by atoms with Crippen LogP contribution in [-0.4, -0.2) is 21.5 Å². The van der Waals surface area contributed by atoms with Crippen LogP contribution in [0.15, 0.2) is 16.3 Å². The number of nitrogens with zero attached hydrogens (tertiary/aromatic N) is 1. The third-order valence-electron chi connectivity index (χ3n) is 4.31. The van der Waals surface area contributed by atoms with Crippen molar-refractivity contribution < 1.29 is 13.4 Å². The van der Waals surface area contributed by atoms with E-state index in [-0.39, 0.29) is 17.7 Å². The first kappa shape index (κ1) is 22.4. The van der Waals surface area contributed by atoms with Crippen molar-refractivity contribution in [3.63, 3.8) is 0 Å². The molecule has 0 spiro atoms. The van der Waals surface area contributed by atoms with E-state index >= 15 is 0 Å². The summed E-state index contributed by atoms with van der Waals surface area (Å²) in [6.07, 6.45) is 1.31. The molecule has 0 radical (unpaired) electrons. The summed E-state index contributed by atoms with van der Waals surface area (Å²) in [5, 5.41) is 9.63. The second-order valence-corrected chi connectivity index (χ2v) is 12.7. The fraction of sp³-hybridized carbons (Fsp3) is 0.474. The fourth-order valence-electron chi connectivity index (χ4n) is 3.10. The number of thiazole rings is 1. The third-order valence-corrected chi connectivity index (χ3v) is 8.58. The van der Waals surface area contributed by atoms with Crippen LogP contribution in [0.2, 0.25) is 0 Å². The van der Waals surface area contributed by atoms with Crippen molar-refractivity contribution in [2.24, 2.45) is 5.14 Å². The van der Waals surface area contributed by atoms with Gasteiger partial charge in [-0.2, -0.15) is 0 Å². The number of hydrogen-bond acceptors (Lipinski definition) is 4. The molecule has 9 heteroatoms.